The van der Waals surface area contributed by atoms with E-state index in [9.17, 15) is 17.9 Å². The van der Waals surface area contributed by atoms with Crippen molar-refractivity contribution < 1.29 is 17.9 Å². The number of amidine groups is 1. The van der Waals surface area contributed by atoms with Gasteiger partial charge >= 0.3 is 0 Å². The fourth-order valence-corrected chi connectivity index (χ4v) is 5.17. The maximum Gasteiger partial charge on any atom is 0.287 e. The Balaban J connectivity index is 0.000000519. The molecular weight excluding hydrogens is 577 g/mol. The van der Waals surface area contributed by atoms with Crippen LogP contribution in [0.5, 0.6) is 0 Å². The molecule has 1 heterocycles. The molecule has 1 fully saturated rings. The van der Waals surface area contributed by atoms with Gasteiger partial charge in [0.1, 0.15) is 10.7 Å². The van der Waals surface area contributed by atoms with Crippen molar-refractivity contribution in [2.45, 2.75) is 36.9 Å². The highest BCUT2D eigenvalue weighted by Gasteiger charge is 2.24. The maximum atomic E-state index is 14.4. The number of β-amino-alcohol motifs (C(OH)–C–C–N with tert-alkyl or cyclic N) is 1. The zero-order valence-electron chi connectivity index (χ0n) is 20.4. The Morgan fingerprint density at radius 3 is 2.54 bits per heavy atom. The summed E-state index contributed by atoms with van der Waals surface area (Å²) in [7, 11) is -4.28. The van der Waals surface area contributed by atoms with Crippen LogP contribution in [0.15, 0.2) is 58.5 Å². The van der Waals surface area contributed by atoms with Crippen molar-refractivity contribution in [1.29, 1.82) is 0 Å². The molecule has 3 rings (SSSR count). The SMILES string of the molecule is C=CN/C(=N\S(=O)(=O)c1cc(Cl)c(NCC2CC(O)CN2)cc1F)SC.Cc1ccc(CN)cc1.S=S. The fraction of sp³-hybridized carbons (Fsp3) is 0.348. The highest BCUT2D eigenvalue weighted by Crippen LogP contribution is 2.29. The van der Waals surface area contributed by atoms with E-state index in [2.05, 4.69) is 80.5 Å². The van der Waals surface area contributed by atoms with Gasteiger partial charge in [0.05, 0.1) is 16.8 Å². The number of nitrogens with one attached hydrogen (secondary N) is 3. The lowest BCUT2D eigenvalue weighted by Crippen LogP contribution is -2.29. The number of halogens is 2. The summed E-state index contributed by atoms with van der Waals surface area (Å²) in [5.41, 5.74) is 8.15. The van der Waals surface area contributed by atoms with Crippen LogP contribution >= 0.6 is 23.4 Å². The van der Waals surface area contributed by atoms with Crippen LogP contribution in [0.25, 0.3) is 0 Å². The summed E-state index contributed by atoms with van der Waals surface area (Å²) >= 11 is 14.5. The molecule has 37 heavy (non-hydrogen) atoms. The number of aliphatic hydroxyl groups is 1. The molecule has 0 radical (unpaired) electrons. The molecule has 2 atom stereocenters. The van der Waals surface area contributed by atoms with Crippen molar-refractivity contribution in [3.63, 3.8) is 0 Å². The second kappa shape index (κ2) is 17.0. The average Bonchev–Trinajstić information content (AvgIpc) is 3.30. The topological polar surface area (TPSA) is 129 Å². The standard InChI is InChI=1S/C15H20ClFN4O3S2.C8H11N.S2/c1-3-18-15(25-2)21-26(23,24)14-5-11(16)13(6-12(14)17)20-7-9-4-10(22)8-19-9;1-7-2-4-8(6-9)5-3-7;1-2/h3,5-6,9-10,19-20,22H,1,4,7-8H2,2H3,(H,18,21);2-5H,6,9H2,1H3;. The molecule has 6 N–H and O–H groups in total. The van der Waals surface area contributed by atoms with Crippen molar-refractivity contribution in [3.05, 3.63) is 71.1 Å². The lowest BCUT2D eigenvalue weighted by atomic mass is 10.2. The second-order valence-corrected chi connectivity index (χ2v) is 10.5. The number of aliphatic hydroxyl groups excluding tert-OH is 1. The normalized spacial score (nSPS) is 17.1. The van der Waals surface area contributed by atoms with Crippen LogP contribution in [-0.2, 0) is 38.9 Å². The molecule has 8 nitrogen and oxygen atoms in total. The van der Waals surface area contributed by atoms with E-state index in [1.54, 1.807) is 6.26 Å². The largest absolute Gasteiger partial charge is 0.392 e. The molecule has 0 spiro atoms. The summed E-state index contributed by atoms with van der Waals surface area (Å²) in [6, 6.07) is 10.3. The molecule has 2 aromatic carbocycles. The fourth-order valence-electron chi connectivity index (χ4n) is 3.14. The minimum absolute atomic E-state index is 0.0197. The summed E-state index contributed by atoms with van der Waals surface area (Å²) in [5.74, 6) is -0.959. The maximum absolute atomic E-state index is 14.4. The zero-order valence-corrected chi connectivity index (χ0v) is 24.4. The molecule has 2 unspecified atom stereocenters. The van der Waals surface area contributed by atoms with Crippen LogP contribution in [-0.4, -0.2) is 50.2 Å². The van der Waals surface area contributed by atoms with Gasteiger partial charge in [-0.15, -0.1) is 4.40 Å². The molecular formula is C23H31ClFN5O3S4. The van der Waals surface area contributed by atoms with Crippen molar-refractivity contribution >= 4 is 66.6 Å². The highest BCUT2D eigenvalue weighted by molar-refractivity contribution is 8.13. The Morgan fingerprint density at radius 1 is 1.38 bits per heavy atom. The second-order valence-electron chi connectivity index (χ2n) is 7.75. The van der Waals surface area contributed by atoms with Gasteiger partial charge in [-0.2, -0.15) is 8.42 Å². The van der Waals surface area contributed by atoms with Crippen LogP contribution in [0, 0.1) is 12.7 Å². The van der Waals surface area contributed by atoms with Gasteiger partial charge in [-0.3, -0.25) is 0 Å². The van der Waals surface area contributed by atoms with Gasteiger partial charge in [-0.1, -0.05) is 59.8 Å². The van der Waals surface area contributed by atoms with Gasteiger partial charge in [-0.05, 0) is 43.5 Å². The number of thioether (sulfide) groups is 1. The number of benzene rings is 2. The number of hydrogen-bond acceptors (Lipinski definition) is 9. The van der Waals surface area contributed by atoms with Gasteiger partial charge in [0.2, 0.25) is 0 Å². The molecule has 1 aliphatic heterocycles. The smallest absolute Gasteiger partial charge is 0.287 e. The van der Waals surface area contributed by atoms with Crippen LogP contribution in [0.3, 0.4) is 0 Å². The average molecular weight is 608 g/mol. The minimum Gasteiger partial charge on any atom is -0.392 e. The molecule has 204 valence electrons. The summed E-state index contributed by atoms with van der Waals surface area (Å²) in [5, 5.41) is 18.2. The lowest BCUT2D eigenvalue weighted by Gasteiger charge is -2.14. The summed E-state index contributed by atoms with van der Waals surface area (Å²) in [6.45, 7) is 7.05. The van der Waals surface area contributed by atoms with Gasteiger partial charge < -0.3 is 26.8 Å². The number of rotatable bonds is 7. The van der Waals surface area contributed by atoms with Crippen LogP contribution < -0.4 is 21.7 Å². The van der Waals surface area contributed by atoms with Gasteiger partial charge in [0.15, 0.2) is 5.17 Å². The lowest BCUT2D eigenvalue weighted by molar-refractivity contribution is 0.193. The number of anilines is 1. The van der Waals surface area contributed by atoms with E-state index >= 15 is 0 Å². The molecule has 0 saturated carbocycles. The Hall–Kier alpha value is -1.71. The van der Waals surface area contributed by atoms with Crippen LogP contribution in [0.2, 0.25) is 5.02 Å². The Labute approximate surface area is 237 Å². The molecule has 1 saturated heterocycles. The van der Waals surface area contributed by atoms with Crippen molar-refractivity contribution in [2.24, 2.45) is 10.1 Å². The molecule has 0 amide bonds. The molecule has 0 aliphatic carbocycles. The van der Waals surface area contributed by atoms with E-state index in [1.165, 1.54) is 17.3 Å². The zero-order chi connectivity index (χ0) is 28.0. The molecule has 14 heteroatoms. The van der Waals surface area contributed by atoms with Gasteiger partial charge in [0.25, 0.3) is 10.0 Å². The monoisotopic (exact) mass is 607 g/mol. The van der Waals surface area contributed by atoms with E-state index in [0.29, 0.717) is 26.1 Å². The Bertz CT molecular complexity index is 1150. The van der Waals surface area contributed by atoms with Crippen LogP contribution in [0.1, 0.15) is 17.5 Å². The quantitative estimate of drug-likeness (QED) is 0.236. The summed E-state index contributed by atoms with van der Waals surface area (Å²) < 4.78 is 42.6. The van der Waals surface area contributed by atoms with Crippen molar-refractivity contribution in [2.75, 3.05) is 24.7 Å². The van der Waals surface area contributed by atoms with Gasteiger partial charge in [0, 0.05) is 48.1 Å². The number of nitrogens with two attached hydrogens (primary N) is 1. The van der Waals surface area contributed by atoms with Gasteiger partial charge in [-0.25, -0.2) is 4.39 Å². The Kier molecular flexibility index (Phi) is 15.3. The third kappa shape index (κ3) is 11.3. The first-order valence-electron chi connectivity index (χ1n) is 10.9. The first-order chi connectivity index (χ1) is 17.6. The number of nitrogens with zero attached hydrogens (tertiary/aromatic N) is 1. The molecule has 1 aliphatic rings. The van der Waals surface area contributed by atoms with E-state index < -0.39 is 26.8 Å². The Morgan fingerprint density at radius 2 is 2.03 bits per heavy atom. The first-order valence-corrected chi connectivity index (χ1v) is 15.3. The van der Waals surface area contributed by atoms with Crippen molar-refractivity contribution in [3.8, 4) is 0 Å². The van der Waals surface area contributed by atoms with Crippen molar-refractivity contribution in [1.82, 2.24) is 10.6 Å². The third-order valence-electron chi connectivity index (χ3n) is 5.02. The summed E-state index contributed by atoms with van der Waals surface area (Å²) in [4.78, 5) is -0.611. The minimum atomic E-state index is -4.28. The predicted molar refractivity (Wildman–Crippen MR) is 158 cm³/mol. The molecule has 2 aromatic rings. The van der Waals surface area contributed by atoms with E-state index in [1.807, 2.05) is 0 Å². The number of aryl methyl sites for hydroxylation is 1. The predicted octanol–water partition coefficient (Wildman–Crippen LogP) is 3.20. The molecule has 0 bridgehead atoms. The summed E-state index contributed by atoms with van der Waals surface area (Å²) in [6.07, 6.45) is 3.06. The van der Waals surface area contributed by atoms with Crippen LogP contribution in [0.4, 0.5) is 10.1 Å². The van der Waals surface area contributed by atoms with E-state index in [0.717, 1.165) is 23.9 Å². The number of hydrogen-bond donors (Lipinski definition) is 5. The number of sulfonamides is 1. The third-order valence-corrected chi connectivity index (χ3v) is 7.33. The first kappa shape index (κ1) is 33.3. The molecule has 0 aromatic heterocycles. The van der Waals surface area contributed by atoms with E-state index in [-0.39, 0.29) is 21.9 Å². The van der Waals surface area contributed by atoms with E-state index in [4.69, 9.17) is 17.3 Å². The highest BCUT2D eigenvalue weighted by atomic mass is 35.5.